The number of guanidine groups is 1. The predicted octanol–water partition coefficient (Wildman–Crippen LogP) is 2.47. The summed E-state index contributed by atoms with van der Waals surface area (Å²) in [6, 6.07) is 10.2. The molecule has 0 bridgehead atoms. The van der Waals surface area contributed by atoms with E-state index in [2.05, 4.69) is 46.9 Å². The lowest BCUT2D eigenvalue weighted by molar-refractivity contribution is 0.224. The third kappa shape index (κ3) is 5.70. The lowest BCUT2D eigenvalue weighted by atomic mass is 10.2. The SMILES string of the molecule is CN=C(NCc1ccn(C)c1)NCC(C)Oc1ccc(C)cc1. The van der Waals surface area contributed by atoms with Gasteiger partial charge in [0.05, 0.1) is 6.54 Å². The smallest absolute Gasteiger partial charge is 0.191 e. The molecule has 0 aliphatic carbocycles. The predicted molar refractivity (Wildman–Crippen MR) is 94.9 cm³/mol. The first kappa shape index (κ1) is 16.9. The fourth-order valence-electron chi connectivity index (χ4n) is 2.20. The van der Waals surface area contributed by atoms with Crippen molar-refractivity contribution in [2.24, 2.45) is 12.0 Å². The van der Waals surface area contributed by atoms with Crippen molar-refractivity contribution in [1.29, 1.82) is 0 Å². The fraction of sp³-hybridized carbons (Fsp3) is 0.389. The monoisotopic (exact) mass is 314 g/mol. The second kappa shape index (κ2) is 8.27. The highest BCUT2D eigenvalue weighted by Crippen LogP contribution is 2.12. The zero-order chi connectivity index (χ0) is 16.7. The molecule has 1 heterocycles. The minimum Gasteiger partial charge on any atom is -0.489 e. The van der Waals surface area contributed by atoms with Crippen molar-refractivity contribution < 1.29 is 4.74 Å². The van der Waals surface area contributed by atoms with Crippen LogP contribution in [0.1, 0.15) is 18.1 Å². The van der Waals surface area contributed by atoms with Gasteiger partial charge in [0.25, 0.3) is 0 Å². The Morgan fingerprint density at radius 2 is 1.96 bits per heavy atom. The van der Waals surface area contributed by atoms with Gasteiger partial charge in [0.1, 0.15) is 11.9 Å². The first-order valence-electron chi connectivity index (χ1n) is 7.85. The quantitative estimate of drug-likeness (QED) is 0.636. The Balaban J connectivity index is 1.75. The number of aryl methyl sites for hydroxylation is 2. The zero-order valence-electron chi connectivity index (χ0n) is 14.3. The van der Waals surface area contributed by atoms with Gasteiger partial charge in [-0.25, -0.2) is 0 Å². The molecule has 5 nitrogen and oxygen atoms in total. The average molecular weight is 314 g/mol. The maximum Gasteiger partial charge on any atom is 0.191 e. The molecule has 1 aromatic carbocycles. The Morgan fingerprint density at radius 1 is 1.22 bits per heavy atom. The van der Waals surface area contributed by atoms with E-state index in [4.69, 9.17) is 4.74 Å². The summed E-state index contributed by atoms with van der Waals surface area (Å²) >= 11 is 0. The summed E-state index contributed by atoms with van der Waals surface area (Å²) in [6.07, 6.45) is 4.17. The van der Waals surface area contributed by atoms with Gasteiger partial charge in [0.15, 0.2) is 5.96 Å². The molecule has 5 heteroatoms. The van der Waals surface area contributed by atoms with E-state index in [1.54, 1.807) is 7.05 Å². The molecule has 0 radical (unpaired) electrons. The van der Waals surface area contributed by atoms with Crippen molar-refractivity contribution in [2.75, 3.05) is 13.6 Å². The van der Waals surface area contributed by atoms with Crippen LogP contribution in [0.15, 0.2) is 47.7 Å². The third-order valence-corrected chi connectivity index (χ3v) is 3.49. The highest BCUT2D eigenvalue weighted by molar-refractivity contribution is 5.79. The van der Waals surface area contributed by atoms with E-state index < -0.39 is 0 Å². The summed E-state index contributed by atoms with van der Waals surface area (Å²) in [6.45, 7) is 5.53. The summed E-state index contributed by atoms with van der Waals surface area (Å²) in [5, 5.41) is 6.58. The molecule has 1 atom stereocenters. The van der Waals surface area contributed by atoms with Gasteiger partial charge in [-0.3, -0.25) is 4.99 Å². The van der Waals surface area contributed by atoms with E-state index in [9.17, 15) is 0 Å². The summed E-state index contributed by atoms with van der Waals surface area (Å²) in [5.74, 6) is 1.66. The van der Waals surface area contributed by atoms with Gasteiger partial charge in [-0.2, -0.15) is 0 Å². The van der Waals surface area contributed by atoms with Crippen LogP contribution in [-0.2, 0) is 13.6 Å². The Labute approximate surface area is 138 Å². The number of benzene rings is 1. The molecule has 1 aromatic heterocycles. The summed E-state index contributed by atoms with van der Waals surface area (Å²) in [4.78, 5) is 4.23. The number of hydrogen-bond acceptors (Lipinski definition) is 2. The Kier molecular flexibility index (Phi) is 6.09. The van der Waals surface area contributed by atoms with Gasteiger partial charge in [-0.15, -0.1) is 0 Å². The summed E-state index contributed by atoms with van der Waals surface area (Å²) in [7, 11) is 3.78. The topological polar surface area (TPSA) is 50.6 Å². The van der Waals surface area contributed by atoms with Crippen molar-refractivity contribution >= 4 is 5.96 Å². The first-order valence-corrected chi connectivity index (χ1v) is 7.85. The molecule has 2 rings (SSSR count). The van der Waals surface area contributed by atoms with Crippen LogP contribution in [0.4, 0.5) is 0 Å². The number of aromatic nitrogens is 1. The summed E-state index contributed by atoms with van der Waals surface area (Å²) in [5.41, 5.74) is 2.45. The highest BCUT2D eigenvalue weighted by atomic mass is 16.5. The van der Waals surface area contributed by atoms with Gasteiger partial charge >= 0.3 is 0 Å². The van der Waals surface area contributed by atoms with Crippen LogP contribution in [0, 0.1) is 6.92 Å². The third-order valence-electron chi connectivity index (χ3n) is 3.49. The number of nitrogens with one attached hydrogen (secondary N) is 2. The van der Waals surface area contributed by atoms with Crippen LogP contribution in [0.25, 0.3) is 0 Å². The maximum atomic E-state index is 5.88. The largest absolute Gasteiger partial charge is 0.489 e. The first-order chi connectivity index (χ1) is 11.1. The van der Waals surface area contributed by atoms with Crippen LogP contribution in [-0.4, -0.2) is 30.2 Å². The second-order valence-corrected chi connectivity index (χ2v) is 5.73. The lowest BCUT2D eigenvalue weighted by Gasteiger charge is -2.17. The molecule has 0 spiro atoms. The van der Waals surface area contributed by atoms with Crippen LogP contribution < -0.4 is 15.4 Å². The lowest BCUT2D eigenvalue weighted by Crippen LogP contribution is -2.41. The summed E-state index contributed by atoms with van der Waals surface area (Å²) < 4.78 is 7.91. The molecular formula is C18H26N4O. The zero-order valence-corrected chi connectivity index (χ0v) is 14.3. The fourth-order valence-corrected chi connectivity index (χ4v) is 2.20. The Morgan fingerprint density at radius 3 is 2.57 bits per heavy atom. The standard InChI is InChI=1S/C18H26N4O/c1-14-5-7-17(8-6-14)23-15(2)11-20-18(19-3)21-12-16-9-10-22(4)13-16/h5-10,13,15H,11-12H2,1-4H3,(H2,19,20,21). The molecule has 0 fully saturated rings. The molecule has 2 aromatic rings. The Hall–Kier alpha value is -2.43. The van der Waals surface area contributed by atoms with Crippen molar-refractivity contribution in [3.63, 3.8) is 0 Å². The van der Waals surface area contributed by atoms with E-state index in [0.29, 0.717) is 6.54 Å². The van der Waals surface area contributed by atoms with E-state index in [1.165, 1.54) is 11.1 Å². The normalized spacial score (nSPS) is 12.8. The number of ether oxygens (including phenoxy) is 1. The van der Waals surface area contributed by atoms with Crippen LogP contribution in [0.2, 0.25) is 0 Å². The van der Waals surface area contributed by atoms with Gasteiger partial charge < -0.3 is 19.9 Å². The van der Waals surface area contributed by atoms with E-state index in [1.807, 2.05) is 36.9 Å². The maximum absolute atomic E-state index is 5.88. The van der Waals surface area contributed by atoms with Crippen LogP contribution in [0.3, 0.4) is 0 Å². The Bertz CT molecular complexity index is 631. The average Bonchev–Trinajstić information content (AvgIpc) is 2.95. The van der Waals surface area contributed by atoms with Crippen molar-refractivity contribution in [1.82, 2.24) is 15.2 Å². The minimum atomic E-state index is 0.0491. The number of hydrogen-bond donors (Lipinski definition) is 2. The number of rotatable bonds is 6. The van der Waals surface area contributed by atoms with Gasteiger partial charge in [-0.1, -0.05) is 17.7 Å². The molecule has 1 unspecified atom stereocenters. The molecule has 23 heavy (non-hydrogen) atoms. The number of aliphatic imine (C=N–C) groups is 1. The van der Waals surface area contributed by atoms with Gasteiger partial charge in [-0.05, 0) is 37.6 Å². The van der Waals surface area contributed by atoms with E-state index >= 15 is 0 Å². The minimum absolute atomic E-state index is 0.0491. The van der Waals surface area contributed by atoms with Crippen LogP contribution >= 0.6 is 0 Å². The van der Waals surface area contributed by atoms with Crippen molar-refractivity contribution in [2.45, 2.75) is 26.5 Å². The molecular weight excluding hydrogens is 288 g/mol. The molecule has 124 valence electrons. The molecule has 2 N–H and O–H groups in total. The van der Waals surface area contributed by atoms with Crippen molar-refractivity contribution in [3.05, 3.63) is 53.9 Å². The molecule has 0 saturated heterocycles. The molecule has 0 aliphatic rings. The van der Waals surface area contributed by atoms with Crippen molar-refractivity contribution in [3.8, 4) is 5.75 Å². The molecule has 0 saturated carbocycles. The van der Waals surface area contributed by atoms with Gasteiger partial charge in [0.2, 0.25) is 0 Å². The number of nitrogens with zero attached hydrogens (tertiary/aromatic N) is 2. The van der Waals surface area contributed by atoms with E-state index in [-0.39, 0.29) is 6.10 Å². The highest BCUT2D eigenvalue weighted by Gasteiger charge is 2.06. The van der Waals surface area contributed by atoms with Gasteiger partial charge in [0, 0.05) is 33.0 Å². The second-order valence-electron chi connectivity index (χ2n) is 5.73. The molecule has 0 amide bonds. The van der Waals surface area contributed by atoms with Crippen LogP contribution in [0.5, 0.6) is 5.75 Å². The molecule has 0 aliphatic heterocycles. The van der Waals surface area contributed by atoms with E-state index in [0.717, 1.165) is 18.3 Å².